The average Bonchev–Trinajstić information content (AvgIpc) is 3.36. The largest absolute Gasteiger partial charge is 0.491 e. The number of nitrogens with zero attached hydrogens (tertiary/aromatic N) is 2. The number of aromatic nitrogens is 1. The van der Waals surface area contributed by atoms with Gasteiger partial charge in [0.1, 0.15) is 23.6 Å². The van der Waals surface area contributed by atoms with Gasteiger partial charge in [-0.3, -0.25) is 14.9 Å². The van der Waals surface area contributed by atoms with Gasteiger partial charge in [0.15, 0.2) is 0 Å². The standard InChI is InChI=1S/C33H35IN4O4/c1-37-29(31(40)38-17-15-33(16-18-38,32(35)41)36-22-23-7-3-2-4-8-23)21-27(26-9-5-6-10-28(26)34)30(37)24-11-13-25(14-12-24)42-20-19-39/h2-14,21,36,39H,15-20,22H2,1H3,(H2,35,41). The van der Waals surface area contributed by atoms with Crippen molar-refractivity contribution in [1.29, 1.82) is 0 Å². The smallest absolute Gasteiger partial charge is 0.270 e. The van der Waals surface area contributed by atoms with Crippen molar-refractivity contribution in [2.45, 2.75) is 24.9 Å². The van der Waals surface area contributed by atoms with Crippen molar-refractivity contribution in [1.82, 2.24) is 14.8 Å². The van der Waals surface area contributed by atoms with Crippen LogP contribution >= 0.6 is 22.6 Å². The van der Waals surface area contributed by atoms with Gasteiger partial charge in [0.05, 0.1) is 12.3 Å². The van der Waals surface area contributed by atoms with E-state index < -0.39 is 5.54 Å². The zero-order valence-corrected chi connectivity index (χ0v) is 25.7. The number of carbonyl (C=O) groups is 2. The zero-order valence-electron chi connectivity index (χ0n) is 23.6. The third kappa shape index (κ3) is 6.23. The van der Waals surface area contributed by atoms with Gasteiger partial charge in [0.2, 0.25) is 5.91 Å². The number of primary amides is 1. The van der Waals surface area contributed by atoms with E-state index in [1.165, 1.54) is 0 Å². The summed E-state index contributed by atoms with van der Waals surface area (Å²) < 4.78 is 8.59. The average molecular weight is 679 g/mol. The Hall–Kier alpha value is -3.67. The number of nitrogens with one attached hydrogen (secondary N) is 1. The van der Waals surface area contributed by atoms with E-state index in [1.807, 2.05) is 89.3 Å². The Bertz CT molecular complexity index is 1540. The Morgan fingerprint density at radius 3 is 2.29 bits per heavy atom. The lowest BCUT2D eigenvalue weighted by molar-refractivity contribution is -0.126. The predicted octanol–water partition coefficient (Wildman–Crippen LogP) is 4.58. The first-order valence-electron chi connectivity index (χ1n) is 14.0. The van der Waals surface area contributed by atoms with E-state index in [4.69, 9.17) is 15.6 Å². The first-order valence-corrected chi connectivity index (χ1v) is 15.1. The van der Waals surface area contributed by atoms with Crippen LogP contribution in [-0.2, 0) is 18.4 Å². The van der Waals surface area contributed by atoms with Gasteiger partial charge >= 0.3 is 0 Å². The maximum absolute atomic E-state index is 14.0. The van der Waals surface area contributed by atoms with Crippen LogP contribution in [0.1, 0.15) is 28.9 Å². The maximum atomic E-state index is 14.0. The van der Waals surface area contributed by atoms with Gasteiger partial charge in [0.25, 0.3) is 5.91 Å². The second-order valence-corrected chi connectivity index (χ2v) is 11.7. The van der Waals surface area contributed by atoms with Crippen molar-refractivity contribution < 1.29 is 19.4 Å². The number of hydrogen-bond acceptors (Lipinski definition) is 5. The number of nitrogens with two attached hydrogens (primary N) is 1. The number of rotatable bonds is 10. The second kappa shape index (κ2) is 13.1. The highest BCUT2D eigenvalue weighted by Crippen LogP contribution is 2.38. The van der Waals surface area contributed by atoms with Gasteiger partial charge in [-0.1, -0.05) is 48.5 Å². The van der Waals surface area contributed by atoms with Crippen molar-refractivity contribution >= 4 is 34.4 Å². The molecule has 4 N–H and O–H groups in total. The molecule has 2 amide bonds. The van der Waals surface area contributed by atoms with Crippen LogP contribution in [0.2, 0.25) is 0 Å². The maximum Gasteiger partial charge on any atom is 0.270 e. The summed E-state index contributed by atoms with van der Waals surface area (Å²) in [5.41, 5.74) is 10.5. The van der Waals surface area contributed by atoms with Gasteiger partial charge in [-0.2, -0.15) is 0 Å². The number of hydrogen-bond donors (Lipinski definition) is 3. The molecular weight excluding hydrogens is 643 g/mol. The highest BCUT2D eigenvalue weighted by atomic mass is 127. The van der Waals surface area contributed by atoms with Crippen molar-refractivity contribution in [3.05, 3.63) is 99.8 Å². The molecule has 0 saturated carbocycles. The second-order valence-electron chi connectivity index (χ2n) is 10.5. The molecule has 3 aromatic carbocycles. The molecule has 8 nitrogen and oxygen atoms in total. The minimum atomic E-state index is -0.864. The summed E-state index contributed by atoms with van der Waals surface area (Å²) in [6.07, 6.45) is 0.883. The van der Waals surface area contributed by atoms with Gasteiger partial charge in [-0.15, -0.1) is 0 Å². The molecule has 1 aliphatic heterocycles. The van der Waals surface area contributed by atoms with Gasteiger partial charge in [-0.05, 0) is 88.5 Å². The number of likely N-dealkylation sites (tertiary alicyclic amines) is 1. The SMILES string of the molecule is Cn1c(C(=O)N2CCC(NCc3ccccc3)(C(N)=O)CC2)cc(-c2ccccc2I)c1-c1ccc(OCCO)cc1. The fraction of sp³-hybridized carbons (Fsp3) is 0.273. The van der Waals surface area contributed by atoms with Crippen molar-refractivity contribution in [2.24, 2.45) is 12.8 Å². The lowest BCUT2D eigenvalue weighted by Crippen LogP contribution is -2.61. The summed E-state index contributed by atoms with van der Waals surface area (Å²) in [4.78, 5) is 28.4. The number of carbonyl (C=O) groups excluding carboxylic acids is 2. The number of piperidine rings is 1. The van der Waals surface area contributed by atoms with Crippen molar-refractivity contribution in [3.63, 3.8) is 0 Å². The van der Waals surface area contributed by atoms with Crippen molar-refractivity contribution in [3.8, 4) is 28.1 Å². The molecule has 42 heavy (non-hydrogen) atoms. The quantitative estimate of drug-likeness (QED) is 0.213. The van der Waals surface area contributed by atoms with Crippen LogP contribution in [0.4, 0.5) is 0 Å². The van der Waals surface area contributed by atoms with Crippen LogP contribution in [0, 0.1) is 3.57 Å². The Morgan fingerprint density at radius 1 is 0.976 bits per heavy atom. The Balaban J connectivity index is 1.42. The molecule has 1 aromatic heterocycles. The van der Waals surface area contributed by atoms with Gasteiger partial charge in [-0.25, -0.2) is 0 Å². The van der Waals surface area contributed by atoms with Crippen LogP contribution in [0.5, 0.6) is 5.75 Å². The minimum Gasteiger partial charge on any atom is -0.491 e. The van der Waals surface area contributed by atoms with E-state index in [1.54, 1.807) is 0 Å². The number of ether oxygens (including phenoxy) is 1. The fourth-order valence-corrected chi connectivity index (χ4v) is 6.22. The molecule has 1 saturated heterocycles. The topological polar surface area (TPSA) is 110 Å². The number of halogens is 1. The number of aliphatic hydroxyl groups excluding tert-OH is 1. The third-order valence-electron chi connectivity index (χ3n) is 7.95. The fourth-order valence-electron chi connectivity index (χ4n) is 5.55. The Labute approximate surface area is 259 Å². The molecule has 0 unspecified atom stereocenters. The molecule has 5 rings (SSSR count). The van der Waals surface area contributed by atoms with Crippen LogP contribution in [0.3, 0.4) is 0 Å². The van der Waals surface area contributed by atoms with E-state index in [2.05, 4.69) is 40.0 Å². The van der Waals surface area contributed by atoms with Crippen LogP contribution < -0.4 is 15.8 Å². The molecule has 2 heterocycles. The molecule has 0 spiro atoms. The summed E-state index contributed by atoms with van der Waals surface area (Å²) >= 11 is 2.32. The van der Waals surface area contributed by atoms with Crippen molar-refractivity contribution in [2.75, 3.05) is 26.3 Å². The summed E-state index contributed by atoms with van der Waals surface area (Å²) in [5.74, 6) is 0.195. The predicted molar refractivity (Wildman–Crippen MR) is 172 cm³/mol. The van der Waals surface area contributed by atoms with Crippen LogP contribution in [0.15, 0.2) is 84.9 Å². The molecule has 4 aromatic rings. The van der Waals surface area contributed by atoms with Crippen LogP contribution in [0.25, 0.3) is 22.4 Å². The Morgan fingerprint density at radius 2 is 1.64 bits per heavy atom. The molecule has 0 aliphatic carbocycles. The van der Waals surface area contributed by atoms with Crippen LogP contribution in [-0.4, -0.2) is 58.2 Å². The third-order valence-corrected chi connectivity index (χ3v) is 8.89. The number of aliphatic hydroxyl groups is 1. The minimum absolute atomic E-state index is 0.0538. The lowest BCUT2D eigenvalue weighted by Gasteiger charge is -2.40. The normalized spacial score (nSPS) is 14.5. The monoisotopic (exact) mass is 678 g/mol. The summed E-state index contributed by atoms with van der Waals surface area (Å²) in [6, 6.07) is 27.7. The molecule has 1 aliphatic rings. The first kappa shape index (κ1) is 29.8. The summed E-state index contributed by atoms with van der Waals surface area (Å²) in [6.45, 7) is 1.53. The van der Waals surface area contributed by atoms with E-state index in [0.717, 1.165) is 31.5 Å². The van der Waals surface area contributed by atoms with Gasteiger partial charge in [0, 0.05) is 35.8 Å². The lowest BCUT2D eigenvalue weighted by atomic mass is 9.86. The molecule has 0 bridgehead atoms. The highest BCUT2D eigenvalue weighted by molar-refractivity contribution is 14.1. The van der Waals surface area contributed by atoms with E-state index in [-0.39, 0.29) is 25.0 Å². The molecule has 0 radical (unpaired) electrons. The Kier molecular flexibility index (Phi) is 9.30. The summed E-state index contributed by atoms with van der Waals surface area (Å²) in [5, 5.41) is 12.5. The van der Waals surface area contributed by atoms with Gasteiger partial charge < -0.3 is 25.0 Å². The molecular formula is C33H35IN4O4. The van der Waals surface area contributed by atoms with E-state index in [0.29, 0.717) is 43.9 Å². The zero-order chi connectivity index (χ0) is 29.7. The molecule has 9 heteroatoms. The molecule has 218 valence electrons. The molecule has 1 fully saturated rings. The number of benzene rings is 3. The van der Waals surface area contributed by atoms with E-state index in [9.17, 15) is 9.59 Å². The number of amides is 2. The summed E-state index contributed by atoms with van der Waals surface area (Å²) in [7, 11) is 1.91. The molecule has 0 atom stereocenters. The first-order chi connectivity index (χ1) is 20.3. The highest BCUT2D eigenvalue weighted by Gasteiger charge is 2.41. The van der Waals surface area contributed by atoms with E-state index >= 15 is 0 Å².